The van der Waals surface area contributed by atoms with Gasteiger partial charge in [-0.2, -0.15) is 13.2 Å². The van der Waals surface area contributed by atoms with Gasteiger partial charge in [0.15, 0.2) is 11.3 Å². The lowest BCUT2D eigenvalue weighted by Crippen LogP contribution is -2.34. The van der Waals surface area contributed by atoms with E-state index in [-0.39, 0.29) is 36.3 Å². The van der Waals surface area contributed by atoms with Crippen molar-refractivity contribution in [3.8, 4) is 5.75 Å². The van der Waals surface area contributed by atoms with Gasteiger partial charge in [0.05, 0.1) is 12.0 Å². The van der Waals surface area contributed by atoms with Gasteiger partial charge >= 0.3 is 6.18 Å². The van der Waals surface area contributed by atoms with Crippen LogP contribution in [0.2, 0.25) is 0 Å². The van der Waals surface area contributed by atoms with Crippen LogP contribution in [0.5, 0.6) is 5.75 Å². The molecule has 0 unspecified atom stereocenters. The van der Waals surface area contributed by atoms with Gasteiger partial charge in [-0.15, -0.1) is 0 Å². The molecule has 32 heavy (non-hydrogen) atoms. The zero-order valence-electron chi connectivity index (χ0n) is 18.8. The predicted octanol–water partition coefficient (Wildman–Crippen LogP) is 4.32. The van der Waals surface area contributed by atoms with Gasteiger partial charge in [-0.25, -0.2) is 0 Å². The molecule has 7 nitrogen and oxygen atoms in total. The molecule has 0 spiro atoms. The van der Waals surface area contributed by atoms with Crippen LogP contribution in [-0.2, 0) is 22.2 Å². The molecule has 1 aromatic heterocycles. The lowest BCUT2D eigenvalue weighted by molar-refractivity contribution is -0.141. The Morgan fingerprint density at radius 1 is 1.22 bits per heavy atom. The number of aromatic nitrogens is 1. The van der Waals surface area contributed by atoms with Gasteiger partial charge in [-0.1, -0.05) is 32.3 Å². The Morgan fingerprint density at radius 3 is 2.50 bits per heavy atom. The fraction of sp³-hybridized carbons (Fsp3) is 0.591. The molecule has 0 aliphatic heterocycles. The number of benzene rings is 1. The normalized spacial score (nSPS) is 12.2. The number of nitrogens with two attached hydrogens (primary N) is 1. The fourth-order valence-electron chi connectivity index (χ4n) is 3.55. The van der Waals surface area contributed by atoms with Crippen LogP contribution in [0, 0.1) is 5.41 Å². The van der Waals surface area contributed by atoms with Crippen molar-refractivity contribution in [2.75, 3.05) is 20.2 Å². The predicted molar refractivity (Wildman–Crippen MR) is 113 cm³/mol. The average molecular weight is 457 g/mol. The van der Waals surface area contributed by atoms with Gasteiger partial charge in [0.25, 0.3) is 0 Å². The van der Waals surface area contributed by atoms with Crippen LogP contribution < -0.4 is 10.5 Å². The first kappa shape index (κ1) is 25.5. The second-order valence-electron chi connectivity index (χ2n) is 8.70. The summed E-state index contributed by atoms with van der Waals surface area (Å²) in [6.45, 7) is 6.23. The molecular weight excluding hydrogens is 427 g/mol. The third-order valence-electron chi connectivity index (χ3n) is 5.07. The van der Waals surface area contributed by atoms with Crippen LogP contribution in [-0.4, -0.2) is 42.1 Å². The molecular formula is C22H30F3N3O4. The minimum Gasteiger partial charge on any atom is -0.493 e. The molecule has 0 radical (unpaired) electrons. The van der Waals surface area contributed by atoms with Crippen molar-refractivity contribution in [1.29, 1.82) is 0 Å². The van der Waals surface area contributed by atoms with Crippen molar-refractivity contribution in [3.05, 3.63) is 23.4 Å². The molecule has 0 atom stereocenters. The molecule has 2 rings (SSSR count). The monoisotopic (exact) mass is 457 g/mol. The molecule has 2 N–H and O–H groups in total. The molecule has 0 aliphatic carbocycles. The minimum atomic E-state index is -4.60. The second-order valence-corrected chi connectivity index (χ2v) is 8.70. The molecule has 1 heterocycles. The Kier molecular flexibility index (Phi) is 8.14. The molecule has 0 aliphatic rings. The highest BCUT2D eigenvalue weighted by Crippen LogP contribution is 2.38. The Morgan fingerprint density at radius 2 is 1.91 bits per heavy atom. The first-order chi connectivity index (χ1) is 14.9. The van der Waals surface area contributed by atoms with Gasteiger partial charge in [0.1, 0.15) is 5.75 Å². The number of alkyl halides is 3. The Bertz CT molecular complexity index is 954. The first-order valence-electron chi connectivity index (χ1n) is 10.5. The smallest absolute Gasteiger partial charge is 0.437 e. The molecule has 0 bridgehead atoms. The third kappa shape index (κ3) is 6.61. The van der Waals surface area contributed by atoms with Gasteiger partial charge in [0.2, 0.25) is 11.8 Å². The number of rotatable bonds is 11. The number of nitrogens with zero attached hydrogens (tertiary/aromatic N) is 2. The van der Waals surface area contributed by atoms with E-state index >= 15 is 0 Å². The second kappa shape index (κ2) is 10.2. The van der Waals surface area contributed by atoms with Gasteiger partial charge in [-0.3, -0.25) is 9.59 Å². The number of hydrogen-bond acceptors (Lipinski definition) is 5. The zero-order chi connectivity index (χ0) is 24.1. The molecule has 178 valence electrons. The number of halogens is 3. The maximum atomic E-state index is 13.1. The van der Waals surface area contributed by atoms with Crippen molar-refractivity contribution in [2.45, 2.75) is 59.1 Å². The summed E-state index contributed by atoms with van der Waals surface area (Å²) >= 11 is 0. The minimum absolute atomic E-state index is 0.0839. The first-order valence-corrected chi connectivity index (χ1v) is 10.5. The van der Waals surface area contributed by atoms with E-state index in [2.05, 4.69) is 5.16 Å². The summed E-state index contributed by atoms with van der Waals surface area (Å²) in [4.78, 5) is 25.1. The van der Waals surface area contributed by atoms with E-state index in [1.165, 1.54) is 12.1 Å². The highest BCUT2D eigenvalue weighted by atomic mass is 19.4. The Labute approximate surface area is 185 Å². The van der Waals surface area contributed by atoms with Crippen LogP contribution in [0.1, 0.15) is 57.7 Å². The molecule has 2 amide bonds. The largest absolute Gasteiger partial charge is 0.493 e. The number of ether oxygens (including phenoxy) is 1. The van der Waals surface area contributed by atoms with Crippen molar-refractivity contribution >= 4 is 22.8 Å². The number of amides is 2. The van der Waals surface area contributed by atoms with Gasteiger partial charge < -0.3 is 19.9 Å². The summed E-state index contributed by atoms with van der Waals surface area (Å²) in [5, 5.41) is 3.12. The zero-order valence-corrected chi connectivity index (χ0v) is 18.8. The van der Waals surface area contributed by atoms with Crippen LogP contribution in [0.4, 0.5) is 13.2 Å². The summed E-state index contributed by atoms with van der Waals surface area (Å²) in [5.41, 5.74) is 4.29. The van der Waals surface area contributed by atoms with Gasteiger partial charge in [0, 0.05) is 32.0 Å². The maximum Gasteiger partial charge on any atom is 0.437 e. The maximum absolute atomic E-state index is 13.1. The van der Waals surface area contributed by atoms with Crippen LogP contribution >= 0.6 is 0 Å². The third-order valence-corrected chi connectivity index (χ3v) is 5.07. The quantitative estimate of drug-likeness (QED) is 0.507. The van der Waals surface area contributed by atoms with E-state index in [1.54, 1.807) is 11.9 Å². The van der Waals surface area contributed by atoms with Crippen molar-refractivity contribution in [2.24, 2.45) is 11.1 Å². The number of carbonyl (C=O) groups excluding carboxylic acids is 2. The average Bonchev–Trinajstić information content (AvgIpc) is 3.09. The summed E-state index contributed by atoms with van der Waals surface area (Å²) < 4.78 is 50.2. The molecule has 0 saturated carbocycles. The number of hydrogen-bond donors (Lipinski definition) is 1. The summed E-state index contributed by atoms with van der Waals surface area (Å²) in [6.07, 6.45) is -2.59. The fourth-order valence-corrected chi connectivity index (χ4v) is 3.55. The lowest BCUT2D eigenvalue weighted by atomic mass is 9.85. The summed E-state index contributed by atoms with van der Waals surface area (Å²) in [7, 11) is 1.67. The highest BCUT2D eigenvalue weighted by Gasteiger charge is 2.37. The van der Waals surface area contributed by atoms with E-state index in [4.69, 9.17) is 15.0 Å². The number of carbonyl (C=O) groups is 2. The van der Waals surface area contributed by atoms with Crippen LogP contribution in [0.3, 0.4) is 0 Å². The van der Waals surface area contributed by atoms with Crippen LogP contribution in [0.15, 0.2) is 16.7 Å². The van der Waals surface area contributed by atoms with E-state index in [1.807, 2.05) is 20.8 Å². The van der Waals surface area contributed by atoms with E-state index in [0.717, 1.165) is 0 Å². The van der Waals surface area contributed by atoms with E-state index in [9.17, 15) is 22.8 Å². The van der Waals surface area contributed by atoms with Crippen molar-refractivity contribution in [3.63, 3.8) is 0 Å². The molecule has 0 saturated heterocycles. The Balaban J connectivity index is 1.99. The Hall–Kier alpha value is -2.78. The van der Waals surface area contributed by atoms with E-state index in [0.29, 0.717) is 37.1 Å². The topological polar surface area (TPSA) is 98.7 Å². The van der Waals surface area contributed by atoms with E-state index < -0.39 is 23.2 Å². The number of fused-ring (bicyclic) bond motifs is 1. The molecule has 10 heteroatoms. The standard InChI is InChI=1S/C22H30F3N3O4/c1-5-7-14-16(9-8-15-19(14)32-27-20(15)22(23,24)25)31-11-6-10-28(4)18(30)13-21(2,3)12-17(26)29/h8-9H,5-7,10-13H2,1-4H3,(H2,26,29). The molecule has 1 aromatic carbocycles. The summed E-state index contributed by atoms with van der Waals surface area (Å²) in [6, 6.07) is 2.81. The number of primary amides is 1. The molecule has 2 aromatic rings. The van der Waals surface area contributed by atoms with Gasteiger partial charge in [-0.05, 0) is 30.4 Å². The van der Waals surface area contributed by atoms with Crippen LogP contribution in [0.25, 0.3) is 11.0 Å². The SMILES string of the molecule is CCCc1c(OCCCN(C)C(=O)CC(C)(C)CC(N)=O)ccc2c(C(F)(F)F)noc12. The lowest BCUT2D eigenvalue weighted by Gasteiger charge is -2.26. The molecule has 0 fully saturated rings. The number of aryl methyl sites for hydroxylation is 1. The van der Waals surface area contributed by atoms with Crippen molar-refractivity contribution < 1.29 is 32.0 Å². The summed E-state index contributed by atoms with van der Waals surface area (Å²) in [5.74, 6) is -0.112. The van der Waals surface area contributed by atoms with Crippen molar-refractivity contribution in [1.82, 2.24) is 10.1 Å². The highest BCUT2D eigenvalue weighted by molar-refractivity contribution is 5.85.